The number of carbonyl (C=O) groups excluding carboxylic acids is 2. The molecule has 7 heteroatoms. The Bertz CT molecular complexity index is 831. The number of carbonyl (C=O) groups is 3. The van der Waals surface area contributed by atoms with E-state index in [2.05, 4.69) is 5.32 Å². The maximum atomic E-state index is 11.7. The van der Waals surface area contributed by atoms with Crippen LogP contribution in [0.4, 0.5) is 5.69 Å². The summed E-state index contributed by atoms with van der Waals surface area (Å²) in [4.78, 5) is 33.4. The van der Waals surface area contributed by atoms with Gasteiger partial charge >= 0.3 is 5.97 Å². The minimum absolute atomic E-state index is 0.0994. The first-order valence-corrected chi connectivity index (χ1v) is 7.92. The van der Waals surface area contributed by atoms with Gasteiger partial charge in [0.1, 0.15) is 18.1 Å². The van der Waals surface area contributed by atoms with Crippen LogP contribution in [0.15, 0.2) is 42.5 Å². The molecule has 0 aliphatic heterocycles. The van der Waals surface area contributed by atoms with Crippen molar-refractivity contribution in [3.63, 3.8) is 0 Å². The van der Waals surface area contributed by atoms with Gasteiger partial charge in [-0.3, -0.25) is 14.4 Å². The van der Waals surface area contributed by atoms with E-state index < -0.39 is 5.97 Å². The van der Waals surface area contributed by atoms with E-state index in [-0.39, 0.29) is 42.5 Å². The van der Waals surface area contributed by atoms with Crippen LogP contribution in [-0.4, -0.2) is 27.9 Å². The Morgan fingerprint density at radius 2 is 1.85 bits per heavy atom. The van der Waals surface area contributed by atoms with Crippen molar-refractivity contribution < 1.29 is 29.3 Å². The molecule has 2 aromatic rings. The molecule has 0 saturated carbocycles. The van der Waals surface area contributed by atoms with Gasteiger partial charge in [-0.05, 0) is 36.8 Å². The van der Waals surface area contributed by atoms with Crippen molar-refractivity contribution in [3.05, 3.63) is 53.6 Å². The molecule has 1 amide bonds. The minimum Gasteiger partial charge on any atom is -0.507 e. The number of carboxylic acids is 1. The van der Waals surface area contributed by atoms with Gasteiger partial charge in [0.2, 0.25) is 5.91 Å². The first-order valence-electron chi connectivity index (χ1n) is 7.92. The molecule has 0 aliphatic rings. The predicted molar refractivity (Wildman–Crippen MR) is 94.4 cm³/mol. The molecule has 0 atom stereocenters. The van der Waals surface area contributed by atoms with Crippen LogP contribution in [0.25, 0.3) is 0 Å². The molecule has 26 heavy (non-hydrogen) atoms. The van der Waals surface area contributed by atoms with Crippen LogP contribution in [0.1, 0.15) is 35.7 Å². The number of nitrogens with one attached hydrogen (secondary N) is 1. The standard InChI is InChI=1S/C19H19NO6/c1-12(21)16-6-5-15(10-17(16)22)26-11-13-3-2-4-14(9-13)20-18(23)7-8-19(24)25/h2-6,9-10,22H,7-8,11H2,1H3,(H,20,23)(H,24,25). The van der Waals surface area contributed by atoms with E-state index in [0.717, 1.165) is 5.56 Å². The molecule has 0 heterocycles. The van der Waals surface area contributed by atoms with Gasteiger partial charge < -0.3 is 20.3 Å². The molecular formula is C19H19NO6. The van der Waals surface area contributed by atoms with Gasteiger partial charge in [-0.25, -0.2) is 0 Å². The Morgan fingerprint density at radius 3 is 2.50 bits per heavy atom. The molecular weight excluding hydrogens is 338 g/mol. The first kappa shape index (κ1) is 19.0. The summed E-state index contributed by atoms with van der Waals surface area (Å²) < 4.78 is 5.58. The summed E-state index contributed by atoms with van der Waals surface area (Å²) in [5, 5.41) is 21.0. The summed E-state index contributed by atoms with van der Waals surface area (Å²) in [6.07, 6.45) is -0.327. The quantitative estimate of drug-likeness (QED) is 0.626. The van der Waals surface area contributed by atoms with Crippen LogP contribution in [0.2, 0.25) is 0 Å². The summed E-state index contributed by atoms with van der Waals surface area (Å²) in [6.45, 7) is 1.56. The van der Waals surface area contributed by atoms with Gasteiger partial charge in [-0.1, -0.05) is 12.1 Å². The van der Waals surface area contributed by atoms with E-state index in [0.29, 0.717) is 11.4 Å². The number of phenols is 1. The van der Waals surface area contributed by atoms with Gasteiger partial charge in [0.05, 0.1) is 12.0 Å². The molecule has 0 unspecified atom stereocenters. The van der Waals surface area contributed by atoms with Crippen LogP contribution in [0, 0.1) is 0 Å². The van der Waals surface area contributed by atoms with Crippen molar-refractivity contribution in [3.8, 4) is 11.5 Å². The van der Waals surface area contributed by atoms with Crippen molar-refractivity contribution in [1.29, 1.82) is 0 Å². The number of carboxylic acid groups (broad SMARTS) is 1. The lowest BCUT2D eigenvalue weighted by molar-refractivity contribution is -0.138. The zero-order valence-corrected chi connectivity index (χ0v) is 14.2. The lowest BCUT2D eigenvalue weighted by Gasteiger charge is -2.10. The minimum atomic E-state index is -1.03. The molecule has 2 aromatic carbocycles. The van der Waals surface area contributed by atoms with Crippen LogP contribution in [-0.2, 0) is 16.2 Å². The Kier molecular flexibility index (Phi) is 6.32. The number of aromatic hydroxyl groups is 1. The van der Waals surface area contributed by atoms with Crippen molar-refractivity contribution in [1.82, 2.24) is 0 Å². The van der Waals surface area contributed by atoms with Crippen LogP contribution in [0.3, 0.4) is 0 Å². The average Bonchev–Trinajstić information content (AvgIpc) is 2.58. The molecule has 0 spiro atoms. The third kappa shape index (κ3) is 5.62. The smallest absolute Gasteiger partial charge is 0.303 e. The van der Waals surface area contributed by atoms with Crippen LogP contribution < -0.4 is 10.1 Å². The SMILES string of the molecule is CC(=O)c1ccc(OCc2cccc(NC(=O)CCC(=O)O)c2)cc1O. The van der Waals surface area contributed by atoms with Crippen molar-refractivity contribution in [2.75, 3.05) is 5.32 Å². The van der Waals surface area contributed by atoms with Crippen molar-refractivity contribution in [2.45, 2.75) is 26.4 Å². The van der Waals surface area contributed by atoms with E-state index in [1.54, 1.807) is 30.3 Å². The molecule has 0 radical (unpaired) electrons. The van der Waals surface area contributed by atoms with E-state index >= 15 is 0 Å². The maximum absolute atomic E-state index is 11.7. The second-order valence-corrected chi connectivity index (χ2v) is 5.67. The number of ketones is 1. The monoisotopic (exact) mass is 357 g/mol. The summed E-state index contributed by atoms with van der Waals surface area (Å²) in [5.74, 6) is -1.38. The number of Topliss-reactive ketones (excluding diaryl/α,β-unsaturated/α-hetero) is 1. The van der Waals surface area contributed by atoms with Gasteiger partial charge in [0.15, 0.2) is 5.78 Å². The average molecular weight is 357 g/mol. The fourth-order valence-corrected chi connectivity index (χ4v) is 2.25. The van der Waals surface area contributed by atoms with E-state index in [1.165, 1.54) is 19.1 Å². The number of hydrogen-bond donors (Lipinski definition) is 3. The number of benzene rings is 2. The zero-order valence-electron chi connectivity index (χ0n) is 14.2. The van der Waals surface area contributed by atoms with Crippen molar-refractivity contribution in [2.24, 2.45) is 0 Å². The maximum Gasteiger partial charge on any atom is 0.303 e. The number of amides is 1. The normalized spacial score (nSPS) is 10.2. The largest absolute Gasteiger partial charge is 0.507 e. The number of ether oxygens (including phenoxy) is 1. The van der Waals surface area contributed by atoms with Crippen LogP contribution in [0.5, 0.6) is 11.5 Å². The molecule has 136 valence electrons. The summed E-state index contributed by atoms with van der Waals surface area (Å²) in [7, 11) is 0. The predicted octanol–water partition coefficient (Wildman–Crippen LogP) is 2.98. The molecule has 3 N–H and O–H groups in total. The summed E-state index contributed by atoms with van der Waals surface area (Å²) in [5.41, 5.74) is 1.54. The Morgan fingerprint density at radius 1 is 1.08 bits per heavy atom. The van der Waals surface area contributed by atoms with Gasteiger partial charge in [-0.15, -0.1) is 0 Å². The summed E-state index contributed by atoms with van der Waals surface area (Å²) >= 11 is 0. The highest BCUT2D eigenvalue weighted by molar-refractivity contribution is 5.96. The number of anilines is 1. The highest BCUT2D eigenvalue weighted by Crippen LogP contribution is 2.25. The highest BCUT2D eigenvalue weighted by atomic mass is 16.5. The third-order valence-corrected chi connectivity index (χ3v) is 3.53. The molecule has 0 aliphatic carbocycles. The Balaban J connectivity index is 1.96. The fourth-order valence-electron chi connectivity index (χ4n) is 2.25. The summed E-state index contributed by atoms with van der Waals surface area (Å²) in [6, 6.07) is 11.4. The van der Waals surface area contributed by atoms with Gasteiger partial charge in [0, 0.05) is 18.2 Å². The third-order valence-electron chi connectivity index (χ3n) is 3.53. The first-order chi connectivity index (χ1) is 12.3. The molecule has 0 aromatic heterocycles. The Hall–Kier alpha value is -3.35. The lowest BCUT2D eigenvalue weighted by atomic mass is 10.1. The second kappa shape index (κ2) is 8.66. The number of aliphatic carboxylic acids is 1. The number of phenolic OH excluding ortho intramolecular Hbond substituents is 1. The molecule has 2 rings (SSSR count). The Labute approximate surface area is 150 Å². The van der Waals surface area contributed by atoms with E-state index in [9.17, 15) is 19.5 Å². The molecule has 7 nitrogen and oxygen atoms in total. The van der Waals surface area contributed by atoms with E-state index in [1.807, 2.05) is 0 Å². The fraction of sp³-hybridized carbons (Fsp3) is 0.211. The second-order valence-electron chi connectivity index (χ2n) is 5.67. The topological polar surface area (TPSA) is 113 Å². The van der Waals surface area contributed by atoms with Crippen molar-refractivity contribution >= 4 is 23.3 Å². The molecule has 0 bridgehead atoms. The zero-order chi connectivity index (χ0) is 19.1. The number of rotatable bonds is 8. The molecule has 0 saturated heterocycles. The highest BCUT2D eigenvalue weighted by Gasteiger charge is 2.09. The molecule has 0 fully saturated rings. The van der Waals surface area contributed by atoms with E-state index in [4.69, 9.17) is 9.84 Å². The van der Waals surface area contributed by atoms with Gasteiger partial charge in [-0.2, -0.15) is 0 Å². The van der Waals surface area contributed by atoms with Gasteiger partial charge in [0.25, 0.3) is 0 Å². The van der Waals surface area contributed by atoms with Crippen LogP contribution >= 0.6 is 0 Å². The lowest BCUT2D eigenvalue weighted by Crippen LogP contribution is -2.13. The number of hydrogen-bond acceptors (Lipinski definition) is 5.